The third-order valence-corrected chi connectivity index (χ3v) is 4.46. The van der Waals surface area contributed by atoms with Crippen molar-refractivity contribution in [3.8, 4) is 11.4 Å². The van der Waals surface area contributed by atoms with E-state index in [4.69, 9.17) is 16.1 Å². The summed E-state index contributed by atoms with van der Waals surface area (Å²) in [6, 6.07) is 6.69. The van der Waals surface area contributed by atoms with E-state index in [1.165, 1.54) is 6.08 Å². The molecule has 136 valence electrons. The fourth-order valence-corrected chi connectivity index (χ4v) is 2.89. The highest BCUT2D eigenvalue weighted by Crippen LogP contribution is 2.22. The number of aromatic nitrogens is 2. The number of halogens is 1. The zero-order valence-corrected chi connectivity index (χ0v) is 15.1. The van der Waals surface area contributed by atoms with Gasteiger partial charge in [0.05, 0.1) is 0 Å². The molecular formula is C18H19ClN4O3. The van der Waals surface area contributed by atoms with E-state index >= 15 is 0 Å². The molecule has 2 aromatic rings. The second kappa shape index (κ2) is 7.70. The number of amides is 2. The molecule has 1 N–H and O–H groups in total. The Bertz CT molecular complexity index is 812. The van der Waals surface area contributed by atoms with Gasteiger partial charge < -0.3 is 14.7 Å². The molecule has 0 spiro atoms. The number of nitrogens with one attached hydrogen (secondary N) is 1. The van der Waals surface area contributed by atoms with Gasteiger partial charge in [0.15, 0.2) is 0 Å². The van der Waals surface area contributed by atoms with Gasteiger partial charge in [0.25, 0.3) is 0 Å². The molecule has 7 nitrogen and oxygen atoms in total. The Hall–Kier alpha value is -2.67. The van der Waals surface area contributed by atoms with Crippen LogP contribution in [0.25, 0.3) is 11.4 Å². The number of likely N-dealkylation sites (tertiary alicyclic amines) is 1. The normalized spacial score (nSPS) is 15.2. The van der Waals surface area contributed by atoms with Gasteiger partial charge in [-0.3, -0.25) is 9.59 Å². The van der Waals surface area contributed by atoms with Crippen LogP contribution in [0.3, 0.4) is 0 Å². The second-order valence-corrected chi connectivity index (χ2v) is 6.71. The first-order valence-corrected chi connectivity index (χ1v) is 8.64. The maximum Gasteiger partial charge on any atom is 0.249 e. The highest BCUT2D eigenvalue weighted by atomic mass is 35.5. The van der Waals surface area contributed by atoms with E-state index in [0.717, 1.165) is 5.56 Å². The van der Waals surface area contributed by atoms with Gasteiger partial charge in [-0.15, -0.1) is 0 Å². The summed E-state index contributed by atoms with van der Waals surface area (Å²) in [6.45, 7) is 6.39. The van der Waals surface area contributed by atoms with Crippen molar-refractivity contribution in [1.82, 2.24) is 20.4 Å². The van der Waals surface area contributed by atoms with Crippen molar-refractivity contribution in [2.45, 2.75) is 19.4 Å². The highest BCUT2D eigenvalue weighted by Gasteiger charge is 2.31. The maximum absolute atomic E-state index is 12.2. The first-order valence-electron chi connectivity index (χ1n) is 8.26. The Labute approximate surface area is 156 Å². The van der Waals surface area contributed by atoms with Crippen LogP contribution >= 0.6 is 11.6 Å². The lowest BCUT2D eigenvalue weighted by Crippen LogP contribution is -2.50. The molecule has 1 unspecified atom stereocenters. The van der Waals surface area contributed by atoms with Crippen molar-refractivity contribution < 1.29 is 14.1 Å². The molecule has 0 aliphatic carbocycles. The van der Waals surface area contributed by atoms with E-state index in [9.17, 15) is 9.59 Å². The van der Waals surface area contributed by atoms with Gasteiger partial charge in [0.1, 0.15) is 6.04 Å². The molecule has 2 amide bonds. The lowest BCUT2D eigenvalue weighted by molar-refractivity contribution is -0.135. The largest absolute Gasteiger partial charge is 0.345 e. The van der Waals surface area contributed by atoms with E-state index in [1.807, 2.05) is 0 Å². The molecule has 0 bridgehead atoms. The van der Waals surface area contributed by atoms with Crippen LogP contribution in [0.2, 0.25) is 5.02 Å². The molecule has 1 aromatic heterocycles. The summed E-state index contributed by atoms with van der Waals surface area (Å²) < 4.78 is 5.25. The van der Waals surface area contributed by atoms with Crippen LogP contribution in [0.4, 0.5) is 0 Å². The van der Waals surface area contributed by atoms with Crippen LogP contribution in [-0.4, -0.2) is 39.9 Å². The number of rotatable bonds is 6. The van der Waals surface area contributed by atoms with E-state index in [2.05, 4.69) is 22.0 Å². The van der Waals surface area contributed by atoms with Crippen molar-refractivity contribution in [3.05, 3.63) is 47.8 Å². The van der Waals surface area contributed by atoms with Crippen molar-refractivity contribution in [3.63, 3.8) is 0 Å². The summed E-state index contributed by atoms with van der Waals surface area (Å²) in [5.41, 5.74) is 0.782. The Morgan fingerprint density at radius 2 is 2.12 bits per heavy atom. The summed E-state index contributed by atoms with van der Waals surface area (Å²) >= 11 is 5.87. The Morgan fingerprint density at radius 3 is 2.77 bits per heavy atom. The topological polar surface area (TPSA) is 88.3 Å². The number of carbonyl (C=O) groups is 2. The quantitative estimate of drug-likeness (QED) is 0.785. The first-order chi connectivity index (χ1) is 12.5. The average Bonchev–Trinajstić information content (AvgIpc) is 3.08. The summed E-state index contributed by atoms with van der Waals surface area (Å²) in [7, 11) is 0. The summed E-state index contributed by atoms with van der Waals surface area (Å²) in [5, 5.41) is 7.41. The van der Waals surface area contributed by atoms with Gasteiger partial charge in [-0.05, 0) is 37.3 Å². The van der Waals surface area contributed by atoms with Crippen LogP contribution < -0.4 is 5.32 Å². The third kappa shape index (κ3) is 4.11. The molecule has 2 heterocycles. The molecule has 1 aliphatic heterocycles. The van der Waals surface area contributed by atoms with Gasteiger partial charge in [-0.25, -0.2) is 0 Å². The Kier molecular flexibility index (Phi) is 5.37. The molecule has 8 heteroatoms. The molecular weight excluding hydrogens is 356 g/mol. The number of benzene rings is 1. The number of nitrogens with zero attached hydrogens (tertiary/aromatic N) is 3. The van der Waals surface area contributed by atoms with Crippen molar-refractivity contribution in [2.24, 2.45) is 5.92 Å². The molecule has 1 atom stereocenters. The fourth-order valence-electron chi connectivity index (χ4n) is 2.76. The van der Waals surface area contributed by atoms with Crippen molar-refractivity contribution >= 4 is 23.4 Å². The third-order valence-electron chi connectivity index (χ3n) is 4.21. The molecule has 0 saturated carbocycles. The average molecular weight is 375 g/mol. The summed E-state index contributed by atoms with van der Waals surface area (Å²) in [6.07, 6.45) is 1.63. The van der Waals surface area contributed by atoms with Crippen LogP contribution in [0, 0.1) is 5.92 Å². The van der Waals surface area contributed by atoms with Gasteiger partial charge in [-0.2, -0.15) is 4.98 Å². The van der Waals surface area contributed by atoms with Gasteiger partial charge in [-0.1, -0.05) is 23.3 Å². The molecule has 1 aromatic carbocycles. The summed E-state index contributed by atoms with van der Waals surface area (Å²) in [4.78, 5) is 29.5. The first kappa shape index (κ1) is 18.1. The Morgan fingerprint density at radius 1 is 1.42 bits per heavy atom. The standard InChI is InChI=1S/C18H19ClN4O3/c1-3-16(25)23-9-12(10-23)8-15(24)20-11(2)18-21-17(22-26-18)13-4-6-14(19)7-5-13/h3-7,11-12H,1,8-10H2,2H3,(H,20,24). The predicted octanol–water partition coefficient (Wildman–Crippen LogP) is 2.60. The van der Waals surface area contributed by atoms with Crippen LogP contribution in [-0.2, 0) is 9.59 Å². The van der Waals surface area contributed by atoms with Gasteiger partial charge in [0.2, 0.25) is 23.5 Å². The molecule has 26 heavy (non-hydrogen) atoms. The predicted molar refractivity (Wildman–Crippen MR) is 96.2 cm³/mol. The SMILES string of the molecule is C=CC(=O)N1CC(CC(=O)NC(C)c2nc(-c3ccc(Cl)cc3)no2)C1. The fraction of sp³-hybridized carbons (Fsp3) is 0.333. The molecule has 1 aliphatic rings. The minimum absolute atomic E-state index is 0.101. The number of hydrogen-bond donors (Lipinski definition) is 1. The van der Waals surface area contributed by atoms with Crippen LogP contribution in [0.1, 0.15) is 25.3 Å². The maximum atomic E-state index is 12.2. The van der Waals surface area contributed by atoms with Gasteiger partial charge in [0, 0.05) is 36.0 Å². The van der Waals surface area contributed by atoms with Gasteiger partial charge >= 0.3 is 0 Å². The number of hydrogen-bond acceptors (Lipinski definition) is 5. The lowest BCUT2D eigenvalue weighted by Gasteiger charge is -2.38. The monoisotopic (exact) mass is 374 g/mol. The zero-order chi connectivity index (χ0) is 18.7. The van der Waals surface area contributed by atoms with E-state index in [1.54, 1.807) is 36.1 Å². The van der Waals surface area contributed by atoms with Crippen LogP contribution in [0.5, 0.6) is 0 Å². The minimum Gasteiger partial charge on any atom is -0.345 e. The van der Waals surface area contributed by atoms with E-state index in [0.29, 0.717) is 36.2 Å². The van der Waals surface area contributed by atoms with Crippen molar-refractivity contribution in [1.29, 1.82) is 0 Å². The zero-order valence-electron chi connectivity index (χ0n) is 14.3. The van der Waals surface area contributed by atoms with E-state index in [-0.39, 0.29) is 17.7 Å². The van der Waals surface area contributed by atoms with Crippen molar-refractivity contribution in [2.75, 3.05) is 13.1 Å². The van der Waals surface area contributed by atoms with Crippen LogP contribution in [0.15, 0.2) is 41.4 Å². The minimum atomic E-state index is -0.401. The smallest absolute Gasteiger partial charge is 0.249 e. The second-order valence-electron chi connectivity index (χ2n) is 6.27. The lowest BCUT2D eigenvalue weighted by atomic mass is 9.95. The molecule has 3 rings (SSSR count). The Balaban J connectivity index is 1.51. The van der Waals surface area contributed by atoms with E-state index < -0.39 is 6.04 Å². The summed E-state index contributed by atoms with van der Waals surface area (Å²) in [5.74, 6) is 0.726. The molecule has 1 saturated heterocycles. The molecule has 1 fully saturated rings. The number of carbonyl (C=O) groups excluding carboxylic acids is 2. The molecule has 0 radical (unpaired) electrons. The highest BCUT2D eigenvalue weighted by molar-refractivity contribution is 6.30.